The van der Waals surface area contributed by atoms with Crippen molar-refractivity contribution in [2.24, 2.45) is 0 Å². The van der Waals surface area contributed by atoms with Crippen LogP contribution in [0.15, 0.2) is 59.5 Å². The minimum absolute atomic E-state index is 0.0192. The van der Waals surface area contributed by atoms with Crippen molar-refractivity contribution in [3.8, 4) is 22.9 Å². The molecule has 7 heteroatoms. The molecular weight excluding hydrogens is 373 g/mol. The molecule has 6 nitrogen and oxygen atoms in total. The Kier molecular flexibility index (Phi) is 3.21. The molecule has 0 saturated heterocycles. The fourth-order valence-corrected chi connectivity index (χ4v) is 4.08. The number of benzene rings is 2. The Hall–Kier alpha value is -3.61. The number of aromatic amines is 1. The minimum Gasteiger partial charge on any atom is -0.492 e. The molecule has 0 radical (unpaired) electrons. The predicted octanol–water partition coefficient (Wildman–Crippen LogP) is 4.07. The van der Waals surface area contributed by atoms with Crippen molar-refractivity contribution < 1.29 is 13.9 Å². The zero-order chi connectivity index (χ0) is 19.6. The smallest absolute Gasteiger partial charge is 0.332 e. The molecule has 0 atom stereocenters. The summed E-state index contributed by atoms with van der Waals surface area (Å²) in [5.41, 5.74) is 2.09. The number of imidazole rings is 1. The van der Waals surface area contributed by atoms with Crippen molar-refractivity contribution in [1.29, 1.82) is 0 Å². The molecule has 4 aromatic rings. The number of fused-ring (bicyclic) bond motifs is 3. The second-order valence-corrected chi connectivity index (χ2v) is 7.56. The van der Waals surface area contributed by atoms with Gasteiger partial charge in [-0.15, -0.1) is 0 Å². The van der Waals surface area contributed by atoms with Crippen molar-refractivity contribution >= 4 is 11.2 Å². The van der Waals surface area contributed by atoms with Gasteiger partial charge in [0.25, 0.3) is 0 Å². The standard InChI is InChI=1S/C22H16FN3O3/c23-14-11-13(26-20-15(25-21(26)27)3-2-10-24-20)6-7-16(14)29-18-5-1-4-17-19(18)22(8-9-22)12-28-17/h1-7,10-11H,8-9,12H2,(H,25,27). The van der Waals surface area contributed by atoms with Crippen molar-refractivity contribution in [2.45, 2.75) is 18.3 Å². The first-order chi connectivity index (χ1) is 14.1. The largest absolute Gasteiger partial charge is 0.492 e. The number of aromatic nitrogens is 3. The maximum atomic E-state index is 14.9. The average molecular weight is 389 g/mol. The Morgan fingerprint density at radius 1 is 1.14 bits per heavy atom. The first kappa shape index (κ1) is 16.4. The van der Waals surface area contributed by atoms with Crippen LogP contribution in [0.25, 0.3) is 16.9 Å². The molecule has 1 N–H and O–H groups in total. The van der Waals surface area contributed by atoms with Gasteiger partial charge in [0.1, 0.15) is 11.5 Å². The van der Waals surface area contributed by atoms with E-state index in [4.69, 9.17) is 9.47 Å². The minimum atomic E-state index is -0.555. The number of pyridine rings is 1. The van der Waals surface area contributed by atoms with Gasteiger partial charge in [-0.25, -0.2) is 18.7 Å². The van der Waals surface area contributed by atoms with Crippen molar-refractivity contribution in [3.05, 3.63) is 76.6 Å². The summed E-state index contributed by atoms with van der Waals surface area (Å²) in [6.07, 6.45) is 3.70. The molecular formula is C22H16FN3O3. The Bertz CT molecular complexity index is 1340. The molecule has 1 spiro atoms. The number of hydrogen-bond donors (Lipinski definition) is 1. The Labute approximate surface area is 164 Å². The summed E-state index contributed by atoms with van der Waals surface area (Å²) in [5.74, 6) is 0.982. The summed E-state index contributed by atoms with van der Waals surface area (Å²) in [4.78, 5) is 19.3. The molecule has 1 aliphatic carbocycles. The normalized spacial score (nSPS) is 16.0. The van der Waals surface area contributed by atoms with E-state index >= 15 is 0 Å². The van der Waals surface area contributed by atoms with E-state index in [0.29, 0.717) is 29.2 Å². The molecule has 1 aliphatic heterocycles. The van der Waals surface area contributed by atoms with Crippen LogP contribution in [0.1, 0.15) is 18.4 Å². The fourth-order valence-electron chi connectivity index (χ4n) is 4.08. The molecule has 0 unspecified atom stereocenters. The second-order valence-electron chi connectivity index (χ2n) is 7.56. The molecule has 144 valence electrons. The number of ether oxygens (including phenoxy) is 2. The van der Waals surface area contributed by atoms with E-state index in [2.05, 4.69) is 9.97 Å². The van der Waals surface area contributed by atoms with Crippen LogP contribution in [-0.4, -0.2) is 21.1 Å². The average Bonchev–Trinajstić information content (AvgIpc) is 3.29. The summed E-state index contributed by atoms with van der Waals surface area (Å²) in [6, 6.07) is 13.6. The van der Waals surface area contributed by atoms with Gasteiger partial charge in [-0.3, -0.25) is 0 Å². The number of nitrogens with one attached hydrogen (secondary N) is 1. The van der Waals surface area contributed by atoms with Crippen molar-refractivity contribution in [3.63, 3.8) is 0 Å². The molecule has 6 rings (SSSR count). The number of halogens is 1. The number of hydrogen-bond acceptors (Lipinski definition) is 4. The summed E-state index contributed by atoms with van der Waals surface area (Å²) < 4.78 is 28.0. The van der Waals surface area contributed by atoms with Gasteiger partial charge >= 0.3 is 5.69 Å². The molecule has 29 heavy (non-hydrogen) atoms. The van der Waals surface area contributed by atoms with E-state index in [-0.39, 0.29) is 16.9 Å². The topological polar surface area (TPSA) is 69.1 Å². The molecule has 1 saturated carbocycles. The van der Waals surface area contributed by atoms with Gasteiger partial charge < -0.3 is 14.5 Å². The molecule has 0 amide bonds. The van der Waals surface area contributed by atoms with Crippen LogP contribution in [0.5, 0.6) is 17.2 Å². The molecule has 2 aromatic heterocycles. The third-order valence-electron chi connectivity index (χ3n) is 5.71. The van der Waals surface area contributed by atoms with Gasteiger partial charge in [0.2, 0.25) is 0 Å². The Morgan fingerprint density at radius 2 is 2.03 bits per heavy atom. The van der Waals surface area contributed by atoms with Crippen LogP contribution in [0.2, 0.25) is 0 Å². The van der Waals surface area contributed by atoms with Crippen LogP contribution in [0.4, 0.5) is 4.39 Å². The molecule has 0 bridgehead atoms. The van der Waals surface area contributed by atoms with Crippen molar-refractivity contribution in [1.82, 2.24) is 14.5 Å². The summed E-state index contributed by atoms with van der Waals surface area (Å²) in [7, 11) is 0. The molecule has 2 aromatic carbocycles. The van der Waals surface area contributed by atoms with Crippen LogP contribution in [0, 0.1) is 5.82 Å². The predicted molar refractivity (Wildman–Crippen MR) is 105 cm³/mol. The SMILES string of the molecule is O=c1[nH]c2cccnc2n1-c1ccc(Oc2cccc3c2C2(CC2)CO3)c(F)c1. The first-order valence-corrected chi connectivity index (χ1v) is 9.44. The van der Waals surface area contributed by atoms with Gasteiger partial charge in [0.05, 0.1) is 17.8 Å². The van der Waals surface area contributed by atoms with Crippen LogP contribution < -0.4 is 15.2 Å². The lowest BCUT2D eigenvalue weighted by Crippen LogP contribution is -2.15. The third kappa shape index (κ3) is 2.40. The van der Waals surface area contributed by atoms with E-state index in [1.54, 1.807) is 24.4 Å². The highest BCUT2D eigenvalue weighted by Gasteiger charge is 2.52. The lowest BCUT2D eigenvalue weighted by atomic mass is 9.97. The highest BCUT2D eigenvalue weighted by molar-refractivity contribution is 5.72. The zero-order valence-corrected chi connectivity index (χ0v) is 15.3. The molecule has 3 heterocycles. The Morgan fingerprint density at radius 3 is 2.86 bits per heavy atom. The Balaban J connectivity index is 1.40. The van der Waals surface area contributed by atoms with Gasteiger partial charge in [-0.05, 0) is 49.2 Å². The molecule has 2 aliphatic rings. The third-order valence-corrected chi connectivity index (χ3v) is 5.71. The highest BCUT2D eigenvalue weighted by atomic mass is 19.1. The monoisotopic (exact) mass is 389 g/mol. The van der Waals surface area contributed by atoms with Gasteiger partial charge in [-0.1, -0.05) is 6.07 Å². The molecule has 1 fully saturated rings. The van der Waals surface area contributed by atoms with E-state index in [1.807, 2.05) is 18.2 Å². The number of H-pyrrole nitrogens is 1. The fraction of sp³-hybridized carbons (Fsp3) is 0.182. The number of nitrogens with zero attached hydrogens (tertiary/aromatic N) is 2. The second kappa shape index (κ2) is 5.70. The summed E-state index contributed by atoms with van der Waals surface area (Å²) in [5, 5.41) is 0. The van der Waals surface area contributed by atoms with Crippen molar-refractivity contribution in [2.75, 3.05) is 6.61 Å². The zero-order valence-electron chi connectivity index (χ0n) is 15.3. The van der Waals surface area contributed by atoms with E-state index in [0.717, 1.165) is 24.2 Å². The van der Waals surface area contributed by atoms with Crippen LogP contribution in [-0.2, 0) is 5.41 Å². The van der Waals surface area contributed by atoms with E-state index < -0.39 is 5.82 Å². The maximum Gasteiger partial charge on any atom is 0.332 e. The maximum absolute atomic E-state index is 14.9. The summed E-state index contributed by atoms with van der Waals surface area (Å²) in [6.45, 7) is 0.653. The lowest BCUT2D eigenvalue weighted by Gasteiger charge is -2.14. The van der Waals surface area contributed by atoms with Crippen LogP contribution in [0.3, 0.4) is 0 Å². The van der Waals surface area contributed by atoms with Gasteiger partial charge in [0, 0.05) is 23.2 Å². The summed E-state index contributed by atoms with van der Waals surface area (Å²) >= 11 is 0. The van der Waals surface area contributed by atoms with E-state index in [9.17, 15) is 9.18 Å². The van der Waals surface area contributed by atoms with Gasteiger partial charge in [0.15, 0.2) is 17.2 Å². The quantitative estimate of drug-likeness (QED) is 0.574. The highest BCUT2D eigenvalue weighted by Crippen LogP contribution is 2.58. The lowest BCUT2D eigenvalue weighted by molar-refractivity contribution is 0.323. The van der Waals surface area contributed by atoms with Crippen LogP contribution >= 0.6 is 0 Å². The van der Waals surface area contributed by atoms with E-state index in [1.165, 1.54) is 16.7 Å². The first-order valence-electron chi connectivity index (χ1n) is 9.44. The van der Waals surface area contributed by atoms with Gasteiger partial charge in [-0.2, -0.15) is 0 Å². The number of rotatable bonds is 3.